The summed E-state index contributed by atoms with van der Waals surface area (Å²) in [6.45, 7) is 3.49. The molecule has 0 aromatic heterocycles. The van der Waals surface area contributed by atoms with Crippen molar-refractivity contribution in [1.29, 1.82) is 0 Å². The van der Waals surface area contributed by atoms with Gasteiger partial charge in [-0.05, 0) is 6.92 Å². The number of aliphatic hydroxyl groups excluding tert-OH is 1. The number of benzene rings is 1. The predicted octanol–water partition coefficient (Wildman–Crippen LogP) is -1.75. The lowest BCUT2D eigenvalue weighted by Crippen LogP contribution is -2.24. The highest BCUT2D eigenvalue weighted by Crippen LogP contribution is 1.82. The van der Waals surface area contributed by atoms with Crippen molar-refractivity contribution in [2.75, 3.05) is 0 Å². The molecular formula is C8H14BO3. The van der Waals surface area contributed by atoms with Crippen LogP contribution in [0.15, 0.2) is 30.3 Å². The lowest BCUT2D eigenvalue weighted by atomic mass is 9.66. The maximum Gasteiger partial charge on any atom is 0.192 e. The predicted molar refractivity (Wildman–Crippen MR) is 51.8 cm³/mol. The van der Waals surface area contributed by atoms with Crippen molar-refractivity contribution in [3.63, 3.8) is 0 Å². The molecular weight excluding hydrogens is 155 g/mol. The monoisotopic (exact) mass is 169 g/mol. The fourth-order valence-electron chi connectivity index (χ4n) is 0.886. The van der Waals surface area contributed by atoms with E-state index in [1.807, 2.05) is 30.3 Å². The number of hydrogen-bond donors (Lipinski definition) is 1. The molecule has 1 radical (unpaired) electrons. The molecule has 0 aliphatic rings. The van der Waals surface area contributed by atoms with Gasteiger partial charge in [-0.25, -0.2) is 0 Å². The van der Waals surface area contributed by atoms with Crippen LogP contribution in [-0.2, 0) is 0 Å². The lowest BCUT2D eigenvalue weighted by molar-refractivity contribution is 0.298. The maximum atomic E-state index is 8.89. The van der Waals surface area contributed by atoms with Crippen LogP contribution in [0.2, 0.25) is 0 Å². The molecule has 1 unspecified atom stereocenters. The van der Waals surface area contributed by atoms with E-state index >= 15 is 0 Å². The summed E-state index contributed by atoms with van der Waals surface area (Å²) in [6, 6.07) is 9.35. The van der Waals surface area contributed by atoms with Crippen molar-refractivity contribution >= 4 is 12.7 Å². The van der Waals surface area contributed by atoms with E-state index in [1.165, 1.54) is 0 Å². The van der Waals surface area contributed by atoms with Crippen molar-refractivity contribution < 1.29 is 16.1 Å². The maximum absolute atomic E-state index is 8.89. The first-order valence-corrected chi connectivity index (χ1v) is 3.34. The van der Waals surface area contributed by atoms with Gasteiger partial charge in [0.15, 0.2) is 7.28 Å². The van der Waals surface area contributed by atoms with E-state index in [4.69, 9.17) is 5.11 Å². The Balaban J connectivity index is 0. The molecule has 0 bridgehead atoms. The third-order valence-corrected chi connectivity index (χ3v) is 1.31. The van der Waals surface area contributed by atoms with Gasteiger partial charge in [0.1, 0.15) is 0 Å². The zero-order chi connectivity index (χ0) is 7.40. The first-order chi connectivity index (χ1) is 4.79. The number of aliphatic hydroxyl groups is 1. The second kappa shape index (κ2) is 6.85. The van der Waals surface area contributed by atoms with Crippen LogP contribution in [0.1, 0.15) is 0 Å². The van der Waals surface area contributed by atoms with Gasteiger partial charge in [0.2, 0.25) is 0 Å². The lowest BCUT2D eigenvalue weighted by Gasteiger charge is -1.99. The van der Waals surface area contributed by atoms with Gasteiger partial charge >= 0.3 is 0 Å². The number of rotatable bonds is 2. The minimum atomic E-state index is -0.484. The zero-order valence-electron chi connectivity index (χ0n) is 6.83. The molecule has 12 heavy (non-hydrogen) atoms. The van der Waals surface area contributed by atoms with Crippen LogP contribution in [0.3, 0.4) is 0 Å². The highest BCUT2D eigenvalue weighted by atomic mass is 16.3. The highest BCUT2D eigenvalue weighted by Gasteiger charge is 1.99. The summed E-state index contributed by atoms with van der Waals surface area (Å²) in [4.78, 5) is 0. The second-order valence-corrected chi connectivity index (χ2v) is 2.34. The summed E-state index contributed by atoms with van der Waals surface area (Å²) in [7, 11) is 0.640. The Labute approximate surface area is 72.9 Å². The van der Waals surface area contributed by atoms with E-state index in [0.717, 1.165) is 5.46 Å². The Morgan fingerprint density at radius 3 is 2.08 bits per heavy atom. The molecule has 0 amide bonds. The molecule has 4 heteroatoms. The SMILES string of the molecule is O.O.[CH2]C(O)Bc1ccccc1. The Bertz CT molecular complexity index is 189. The van der Waals surface area contributed by atoms with Crippen LogP contribution >= 0.6 is 0 Å². The summed E-state index contributed by atoms with van der Waals surface area (Å²) in [5.74, 6) is 0. The van der Waals surface area contributed by atoms with E-state index in [2.05, 4.69) is 6.92 Å². The van der Waals surface area contributed by atoms with Gasteiger partial charge in [0.25, 0.3) is 0 Å². The van der Waals surface area contributed by atoms with Crippen molar-refractivity contribution in [1.82, 2.24) is 0 Å². The van der Waals surface area contributed by atoms with Gasteiger partial charge < -0.3 is 16.1 Å². The number of hydrogen-bond acceptors (Lipinski definition) is 1. The van der Waals surface area contributed by atoms with Crippen molar-refractivity contribution in [2.45, 2.75) is 6.00 Å². The molecule has 0 fully saturated rings. The quantitative estimate of drug-likeness (QED) is 0.523. The van der Waals surface area contributed by atoms with Crippen molar-refractivity contribution in [3.05, 3.63) is 37.3 Å². The molecule has 0 spiro atoms. The van der Waals surface area contributed by atoms with Crippen molar-refractivity contribution in [2.24, 2.45) is 0 Å². The van der Waals surface area contributed by atoms with Gasteiger partial charge in [0.05, 0.1) is 0 Å². The van der Waals surface area contributed by atoms with Crippen molar-refractivity contribution in [3.8, 4) is 0 Å². The average molecular weight is 169 g/mol. The normalized spacial score (nSPS) is 10.5. The fourth-order valence-corrected chi connectivity index (χ4v) is 0.886. The first-order valence-electron chi connectivity index (χ1n) is 3.34. The van der Waals surface area contributed by atoms with E-state index in [1.54, 1.807) is 0 Å². The molecule has 0 heterocycles. The molecule has 0 aliphatic carbocycles. The molecule has 0 saturated heterocycles. The Hall–Kier alpha value is -0.835. The summed E-state index contributed by atoms with van der Waals surface area (Å²) in [5.41, 5.74) is 1.13. The second-order valence-electron chi connectivity index (χ2n) is 2.34. The molecule has 1 aromatic carbocycles. The standard InChI is InChI=1S/C8H10BO.2H2O/c1-7(10)9-8-5-3-2-4-6-8;;/h2-7,9-10H,1H2;2*1H2. The summed E-state index contributed by atoms with van der Waals surface area (Å²) < 4.78 is 0. The van der Waals surface area contributed by atoms with Crippen LogP contribution in [0.25, 0.3) is 0 Å². The van der Waals surface area contributed by atoms with E-state index < -0.39 is 6.00 Å². The van der Waals surface area contributed by atoms with E-state index in [-0.39, 0.29) is 11.0 Å². The molecule has 1 rings (SSSR count). The molecule has 5 N–H and O–H groups in total. The van der Waals surface area contributed by atoms with Crippen LogP contribution in [0.4, 0.5) is 0 Å². The summed E-state index contributed by atoms with van der Waals surface area (Å²) in [6.07, 6.45) is 0. The van der Waals surface area contributed by atoms with Gasteiger partial charge in [0, 0.05) is 6.00 Å². The molecule has 1 aromatic rings. The summed E-state index contributed by atoms with van der Waals surface area (Å²) in [5, 5.41) is 8.89. The van der Waals surface area contributed by atoms with Crippen LogP contribution < -0.4 is 5.46 Å². The van der Waals surface area contributed by atoms with Gasteiger partial charge in [-0.2, -0.15) is 0 Å². The average Bonchev–Trinajstić information content (AvgIpc) is 1.88. The van der Waals surface area contributed by atoms with Gasteiger partial charge in [-0.1, -0.05) is 35.8 Å². The Morgan fingerprint density at radius 2 is 1.67 bits per heavy atom. The minimum Gasteiger partial charge on any atom is -0.412 e. The fraction of sp³-hybridized carbons (Fsp3) is 0.125. The molecule has 0 aliphatic heterocycles. The molecule has 3 nitrogen and oxygen atoms in total. The van der Waals surface area contributed by atoms with Crippen LogP contribution in [-0.4, -0.2) is 29.3 Å². The van der Waals surface area contributed by atoms with Gasteiger partial charge in [-0.3, -0.25) is 0 Å². The smallest absolute Gasteiger partial charge is 0.192 e. The molecule has 0 saturated carbocycles. The largest absolute Gasteiger partial charge is 0.412 e. The highest BCUT2D eigenvalue weighted by molar-refractivity contribution is 6.54. The zero-order valence-corrected chi connectivity index (χ0v) is 6.83. The minimum absolute atomic E-state index is 0. The first kappa shape index (κ1) is 13.7. The molecule has 67 valence electrons. The molecule has 1 atom stereocenters. The third kappa shape index (κ3) is 4.90. The Morgan fingerprint density at radius 1 is 1.17 bits per heavy atom. The van der Waals surface area contributed by atoms with E-state index in [9.17, 15) is 0 Å². The summed E-state index contributed by atoms with van der Waals surface area (Å²) >= 11 is 0. The Kier molecular flexibility index (Phi) is 7.84. The third-order valence-electron chi connectivity index (χ3n) is 1.31. The topological polar surface area (TPSA) is 83.2 Å². The van der Waals surface area contributed by atoms with Crippen LogP contribution in [0.5, 0.6) is 0 Å². The van der Waals surface area contributed by atoms with E-state index in [0.29, 0.717) is 7.28 Å². The van der Waals surface area contributed by atoms with Gasteiger partial charge in [-0.15, -0.1) is 0 Å². The van der Waals surface area contributed by atoms with Crippen LogP contribution in [0, 0.1) is 6.92 Å².